The fraction of sp³-hybridized carbons (Fsp3) is 0.800. The highest BCUT2D eigenvalue weighted by molar-refractivity contribution is 7.12. The number of ether oxygens (including phenoxy) is 1. The Kier molecular flexibility index (Phi) is 3.90. The van der Waals surface area contributed by atoms with Crippen LogP contribution in [0.25, 0.3) is 0 Å². The normalized spacial score (nSPS) is 40.4. The van der Waals surface area contributed by atoms with E-state index in [1.165, 1.54) is 16.9 Å². The SMILES string of the molecule is [2H]C([2H])([2H])C1=NC2O[C@H]3C([C@H]4Cc5c(sc(C([2H])([2H])C(C)(C)C)c5C)CN4)CCC[C@H]3C2CC1. The van der Waals surface area contributed by atoms with Gasteiger partial charge in [-0.3, -0.25) is 4.99 Å². The summed E-state index contributed by atoms with van der Waals surface area (Å²) in [6.07, 6.45) is 4.24. The molecule has 3 aliphatic heterocycles. The maximum atomic E-state index is 8.82. The van der Waals surface area contributed by atoms with Gasteiger partial charge in [0.15, 0.2) is 6.23 Å². The van der Waals surface area contributed by atoms with E-state index < -0.39 is 18.6 Å². The van der Waals surface area contributed by atoms with E-state index in [1.54, 1.807) is 11.3 Å². The van der Waals surface area contributed by atoms with Gasteiger partial charge in [0.2, 0.25) is 0 Å². The lowest BCUT2D eigenvalue weighted by Crippen LogP contribution is -2.48. The third-order valence-electron chi connectivity index (χ3n) is 7.44. The third kappa shape index (κ3) is 3.74. The van der Waals surface area contributed by atoms with Crippen molar-refractivity contribution in [2.75, 3.05) is 0 Å². The molecule has 0 spiro atoms. The van der Waals surface area contributed by atoms with Crippen molar-refractivity contribution in [2.45, 2.75) is 104 Å². The van der Waals surface area contributed by atoms with E-state index >= 15 is 0 Å². The minimum absolute atomic E-state index is 0.127. The van der Waals surface area contributed by atoms with Crippen LogP contribution >= 0.6 is 11.3 Å². The lowest BCUT2D eigenvalue weighted by Gasteiger charge is -2.40. The zero-order valence-corrected chi connectivity index (χ0v) is 19.0. The molecular weight excluding hydrogens is 376 g/mol. The zero-order chi connectivity index (χ0) is 24.6. The Labute approximate surface area is 187 Å². The van der Waals surface area contributed by atoms with Crippen LogP contribution in [0, 0.1) is 30.1 Å². The van der Waals surface area contributed by atoms with Gasteiger partial charge in [-0.15, -0.1) is 11.3 Å². The van der Waals surface area contributed by atoms with Crippen LogP contribution in [0.1, 0.15) is 87.5 Å². The molecule has 4 heterocycles. The van der Waals surface area contributed by atoms with Gasteiger partial charge in [0.25, 0.3) is 0 Å². The Hall–Kier alpha value is -0.710. The first kappa shape index (κ1) is 15.2. The lowest BCUT2D eigenvalue weighted by molar-refractivity contribution is -0.0284. The van der Waals surface area contributed by atoms with Crippen LogP contribution < -0.4 is 5.32 Å². The van der Waals surface area contributed by atoms with Crippen molar-refractivity contribution in [2.24, 2.45) is 28.2 Å². The molecule has 1 saturated heterocycles. The molecule has 160 valence electrons. The third-order valence-corrected chi connectivity index (χ3v) is 8.69. The minimum atomic E-state index is -2.12. The molecule has 4 heteroatoms. The summed E-state index contributed by atoms with van der Waals surface area (Å²) in [5.41, 5.74) is 2.33. The number of nitrogens with zero attached hydrogens (tertiary/aromatic N) is 1. The molecule has 5 rings (SSSR count). The number of hydrogen-bond acceptors (Lipinski definition) is 4. The molecular formula is C25H38N2OS. The van der Waals surface area contributed by atoms with Gasteiger partial charge in [-0.1, -0.05) is 27.2 Å². The molecule has 1 aromatic heterocycles. The number of rotatable bonds is 2. The van der Waals surface area contributed by atoms with E-state index in [2.05, 4.69) is 17.2 Å². The zero-order valence-electron chi connectivity index (χ0n) is 23.2. The van der Waals surface area contributed by atoms with Crippen LogP contribution in [0.15, 0.2) is 4.99 Å². The predicted molar refractivity (Wildman–Crippen MR) is 122 cm³/mol. The number of thiophene rings is 1. The monoisotopic (exact) mass is 419 g/mol. The predicted octanol–water partition coefficient (Wildman–Crippen LogP) is 5.67. The Bertz CT molecular complexity index is 979. The van der Waals surface area contributed by atoms with Gasteiger partial charge in [0.1, 0.15) is 0 Å². The van der Waals surface area contributed by atoms with Crippen molar-refractivity contribution in [3.8, 4) is 0 Å². The van der Waals surface area contributed by atoms with Crippen molar-refractivity contribution in [1.29, 1.82) is 0 Å². The smallest absolute Gasteiger partial charge is 0.151 e. The van der Waals surface area contributed by atoms with Crippen molar-refractivity contribution in [3.05, 3.63) is 20.9 Å². The number of aliphatic imine (C=N–C) groups is 1. The molecule has 0 radical (unpaired) electrons. The first-order valence-corrected chi connectivity index (χ1v) is 12.2. The van der Waals surface area contributed by atoms with E-state index in [9.17, 15) is 0 Å². The summed E-state index contributed by atoms with van der Waals surface area (Å²) in [5, 5.41) is 3.78. The Balaban J connectivity index is 1.37. The first-order valence-electron chi connectivity index (χ1n) is 13.9. The molecule has 1 aromatic rings. The highest BCUT2D eigenvalue weighted by Crippen LogP contribution is 2.49. The van der Waals surface area contributed by atoms with Crippen molar-refractivity contribution in [3.63, 3.8) is 0 Å². The molecule has 0 bridgehead atoms. The summed E-state index contributed by atoms with van der Waals surface area (Å²) < 4.78 is 47.5. The van der Waals surface area contributed by atoms with Crippen LogP contribution in [0.5, 0.6) is 0 Å². The molecule has 6 atom stereocenters. The quantitative estimate of drug-likeness (QED) is 0.670. The van der Waals surface area contributed by atoms with Crippen LogP contribution in [0.3, 0.4) is 0 Å². The number of nitrogens with one attached hydrogen (secondary N) is 1. The van der Waals surface area contributed by atoms with Crippen LogP contribution in [-0.2, 0) is 24.1 Å². The summed E-state index contributed by atoms with van der Waals surface area (Å²) in [6.45, 7) is 6.71. The second-order valence-corrected chi connectivity index (χ2v) is 11.7. The standard InChI is InChI=1S/C25H38N2OS/c1-14-9-10-17-16-7-6-8-18(23(16)28-24(17)27-14)20-11-19-15(2)21(12-25(3,4)5)29-22(19)13-26-20/h16-18,20,23-24,26H,6-13H2,1-5H3/t16-,17?,18?,20+,23+,24?/m0/s1/i1D3,12D2. The maximum Gasteiger partial charge on any atom is 0.151 e. The summed E-state index contributed by atoms with van der Waals surface area (Å²) in [7, 11) is 0. The fourth-order valence-corrected chi connectivity index (χ4v) is 7.49. The van der Waals surface area contributed by atoms with Crippen molar-refractivity contribution < 1.29 is 11.6 Å². The summed E-state index contributed by atoms with van der Waals surface area (Å²) in [4.78, 5) is 6.75. The topological polar surface area (TPSA) is 33.6 Å². The summed E-state index contributed by atoms with van der Waals surface area (Å²) in [6, 6.07) is 0.299. The highest BCUT2D eigenvalue weighted by atomic mass is 32.1. The van der Waals surface area contributed by atoms with Gasteiger partial charge < -0.3 is 10.1 Å². The number of fused-ring (bicyclic) bond motifs is 4. The Morgan fingerprint density at radius 3 is 2.86 bits per heavy atom. The highest BCUT2D eigenvalue weighted by Gasteiger charge is 2.51. The first-order chi connectivity index (χ1) is 15.8. The second-order valence-electron chi connectivity index (χ2n) is 10.6. The molecule has 29 heavy (non-hydrogen) atoms. The van der Waals surface area contributed by atoms with Crippen LogP contribution in [0.2, 0.25) is 0 Å². The van der Waals surface area contributed by atoms with E-state index in [1.807, 2.05) is 20.8 Å². The van der Waals surface area contributed by atoms with Gasteiger partial charge in [0.05, 0.1) is 6.10 Å². The van der Waals surface area contributed by atoms with Gasteiger partial charge in [-0.05, 0) is 74.7 Å². The average molecular weight is 420 g/mol. The molecule has 0 amide bonds. The molecule has 3 unspecified atom stereocenters. The van der Waals surface area contributed by atoms with E-state index in [-0.39, 0.29) is 12.3 Å². The van der Waals surface area contributed by atoms with E-state index in [0.29, 0.717) is 35.9 Å². The second kappa shape index (κ2) is 7.46. The lowest BCUT2D eigenvalue weighted by atomic mass is 9.69. The molecule has 3 nitrogen and oxygen atoms in total. The molecule has 2 fully saturated rings. The van der Waals surface area contributed by atoms with Crippen LogP contribution in [-0.4, -0.2) is 24.1 Å². The largest absolute Gasteiger partial charge is 0.352 e. The summed E-state index contributed by atoms with van der Waals surface area (Å²) >= 11 is 1.64. The molecule has 4 aliphatic rings. The van der Waals surface area contributed by atoms with Gasteiger partial charge in [-0.2, -0.15) is 0 Å². The van der Waals surface area contributed by atoms with Gasteiger partial charge in [-0.25, -0.2) is 0 Å². The molecule has 0 aromatic carbocycles. The van der Waals surface area contributed by atoms with Crippen molar-refractivity contribution in [1.82, 2.24) is 5.32 Å². The average Bonchev–Trinajstić information content (AvgIpc) is 3.29. The summed E-state index contributed by atoms with van der Waals surface area (Å²) in [5.74, 6) is 1.18. The van der Waals surface area contributed by atoms with Gasteiger partial charge >= 0.3 is 0 Å². The van der Waals surface area contributed by atoms with Gasteiger partial charge in [0, 0.05) is 46.7 Å². The van der Waals surface area contributed by atoms with Crippen LogP contribution in [0.4, 0.5) is 0 Å². The minimum Gasteiger partial charge on any atom is -0.352 e. The fourth-order valence-electron chi connectivity index (χ4n) is 6.10. The van der Waals surface area contributed by atoms with Crippen molar-refractivity contribution >= 4 is 17.0 Å². The molecule has 1 aliphatic carbocycles. The molecule has 1 N–H and O–H groups in total. The number of hydrogen-bond donors (Lipinski definition) is 1. The van der Waals surface area contributed by atoms with E-state index in [4.69, 9.17) is 11.6 Å². The maximum absolute atomic E-state index is 8.82. The molecule has 1 saturated carbocycles. The Morgan fingerprint density at radius 2 is 2.07 bits per heavy atom. The van der Waals surface area contributed by atoms with E-state index in [0.717, 1.165) is 42.7 Å². The Morgan fingerprint density at radius 1 is 1.24 bits per heavy atom.